The van der Waals surface area contributed by atoms with Crippen LogP contribution in [0.3, 0.4) is 0 Å². The molecule has 0 spiro atoms. The number of hydrogen-bond acceptors (Lipinski definition) is 6. The number of nitrogens with zero attached hydrogens (tertiary/aromatic N) is 2. The summed E-state index contributed by atoms with van der Waals surface area (Å²) in [5.74, 6) is 1.04. The minimum absolute atomic E-state index is 0.250. The molecular formula is C16H14N4O2S. The summed E-state index contributed by atoms with van der Waals surface area (Å²) in [6, 6.07) is 12.7. The van der Waals surface area contributed by atoms with Crippen LogP contribution in [0, 0.1) is 0 Å². The Hall–Kier alpha value is -2.93. The standard InChI is InChI=1S/C16H14N4O2S/c1-22-12-6-4-11(5-7-12)14-9-15(21)19-16(18-14)20-17-10-13-3-2-8-23-13/h2-10H,1H3,(H2,18,19,20,21)/b17-10-. The average molecular weight is 326 g/mol. The van der Waals surface area contributed by atoms with Crippen LogP contribution in [-0.4, -0.2) is 23.3 Å². The molecule has 7 heteroatoms. The van der Waals surface area contributed by atoms with Crippen molar-refractivity contribution in [2.24, 2.45) is 5.10 Å². The number of hydrazone groups is 1. The number of anilines is 1. The maximum absolute atomic E-state index is 11.8. The molecule has 0 aliphatic rings. The zero-order valence-electron chi connectivity index (χ0n) is 12.3. The van der Waals surface area contributed by atoms with Crippen molar-refractivity contribution in [2.75, 3.05) is 12.5 Å². The number of thiophene rings is 1. The fraction of sp³-hybridized carbons (Fsp3) is 0.0625. The zero-order valence-corrected chi connectivity index (χ0v) is 13.1. The lowest BCUT2D eigenvalue weighted by molar-refractivity contribution is 0.415. The molecule has 116 valence electrons. The van der Waals surface area contributed by atoms with Gasteiger partial charge in [0.15, 0.2) is 0 Å². The fourth-order valence-electron chi connectivity index (χ4n) is 1.94. The van der Waals surface area contributed by atoms with Gasteiger partial charge >= 0.3 is 0 Å². The van der Waals surface area contributed by atoms with E-state index in [-0.39, 0.29) is 11.5 Å². The van der Waals surface area contributed by atoms with Crippen molar-refractivity contribution in [3.63, 3.8) is 0 Å². The molecule has 1 aromatic carbocycles. The highest BCUT2D eigenvalue weighted by molar-refractivity contribution is 7.11. The van der Waals surface area contributed by atoms with Gasteiger partial charge in [-0.15, -0.1) is 11.3 Å². The van der Waals surface area contributed by atoms with Gasteiger partial charge in [-0.1, -0.05) is 6.07 Å². The van der Waals surface area contributed by atoms with Gasteiger partial charge in [0.05, 0.1) is 19.0 Å². The van der Waals surface area contributed by atoms with Crippen LogP contribution in [-0.2, 0) is 0 Å². The van der Waals surface area contributed by atoms with E-state index in [0.29, 0.717) is 5.69 Å². The highest BCUT2D eigenvalue weighted by Crippen LogP contribution is 2.20. The molecule has 23 heavy (non-hydrogen) atoms. The number of H-pyrrole nitrogens is 1. The van der Waals surface area contributed by atoms with Gasteiger partial charge in [-0.2, -0.15) is 5.10 Å². The Bertz CT molecular complexity index is 855. The summed E-state index contributed by atoms with van der Waals surface area (Å²) in [4.78, 5) is 19.8. The van der Waals surface area contributed by atoms with Crippen LogP contribution in [0.15, 0.2) is 57.7 Å². The topological polar surface area (TPSA) is 79.4 Å². The van der Waals surface area contributed by atoms with E-state index in [1.54, 1.807) is 24.7 Å². The van der Waals surface area contributed by atoms with E-state index in [2.05, 4.69) is 20.5 Å². The van der Waals surface area contributed by atoms with Crippen LogP contribution < -0.4 is 15.7 Å². The number of ether oxygens (including phenoxy) is 1. The Labute approximate surface area is 136 Å². The highest BCUT2D eigenvalue weighted by Gasteiger charge is 2.04. The molecule has 2 heterocycles. The first-order valence-corrected chi connectivity index (χ1v) is 7.71. The third-order valence-corrected chi connectivity index (χ3v) is 3.84. The molecule has 0 fully saturated rings. The van der Waals surface area contributed by atoms with E-state index in [9.17, 15) is 4.79 Å². The summed E-state index contributed by atoms with van der Waals surface area (Å²) >= 11 is 1.57. The second-order valence-electron chi connectivity index (χ2n) is 4.59. The molecule has 2 N–H and O–H groups in total. The summed E-state index contributed by atoms with van der Waals surface area (Å²) in [6.45, 7) is 0. The highest BCUT2D eigenvalue weighted by atomic mass is 32.1. The lowest BCUT2D eigenvalue weighted by atomic mass is 10.1. The van der Waals surface area contributed by atoms with Gasteiger partial charge in [-0.05, 0) is 35.7 Å². The predicted octanol–water partition coefficient (Wildman–Crippen LogP) is 2.95. The van der Waals surface area contributed by atoms with Gasteiger partial charge < -0.3 is 4.74 Å². The second kappa shape index (κ2) is 6.89. The molecule has 0 radical (unpaired) electrons. The Balaban J connectivity index is 1.82. The van der Waals surface area contributed by atoms with Crippen LogP contribution in [0.25, 0.3) is 11.3 Å². The minimum atomic E-state index is -0.250. The fourth-order valence-corrected chi connectivity index (χ4v) is 2.53. The predicted molar refractivity (Wildman–Crippen MR) is 92.4 cm³/mol. The molecule has 0 aliphatic heterocycles. The lowest BCUT2D eigenvalue weighted by Gasteiger charge is -2.05. The van der Waals surface area contributed by atoms with Crippen molar-refractivity contribution in [1.82, 2.24) is 9.97 Å². The molecule has 2 aromatic heterocycles. The number of methoxy groups -OCH3 is 1. The first kappa shape index (κ1) is 15.0. The molecule has 0 atom stereocenters. The molecule has 0 unspecified atom stereocenters. The first-order valence-electron chi connectivity index (χ1n) is 6.83. The third kappa shape index (κ3) is 3.83. The van der Waals surface area contributed by atoms with E-state index < -0.39 is 0 Å². The van der Waals surface area contributed by atoms with Gasteiger partial charge in [0.2, 0.25) is 5.95 Å². The number of rotatable bonds is 5. The minimum Gasteiger partial charge on any atom is -0.497 e. The van der Waals surface area contributed by atoms with Gasteiger partial charge in [0.25, 0.3) is 5.56 Å². The van der Waals surface area contributed by atoms with Crippen LogP contribution in [0.4, 0.5) is 5.95 Å². The quantitative estimate of drug-likeness (QED) is 0.558. The smallest absolute Gasteiger partial charge is 0.252 e. The summed E-state index contributed by atoms with van der Waals surface area (Å²) in [5, 5.41) is 6.03. The number of aromatic nitrogens is 2. The van der Waals surface area contributed by atoms with Crippen LogP contribution >= 0.6 is 11.3 Å². The van der Waals surface area contributed by atoms with E-state index in [1.165, 1.54) is 6.07 Å². The number of hydrogen-bond donors (Lipinski definition) is 2. The maximum Gasteiger partial charge on any atom is 0.252 e. The van der Waals surface area contributed by atoms with Crippen LogP contribution in [0.5, 0.6) is 5.75 Å². The molecule has 0 amide bonds. The maximum atomic E-state index is 11.8. The van der Waals surface area contributed by atoms with E-state index in [0.717, 1.165) is 16.2 Å². The molecule has 3 aromatic rings. The second-order valence-corrected chi connectivity index (χ2v) is 5.57. The molecule has 6 nitrogen and oxygen atoms in total. The van der Waals surface area contributed by atoms with Crippen molar-refractivity contribution in [1.29, 1.82) is 0 Å². The third-order valence-electron chi connectivity index (χ3n) is 3.03. The molecule has 0 bridgehead atoms. The van der Waals surface area contributed by atoms with Crippen LogP contribution in [0.2, 0.25) is 0 Å². The largest absolute Gasteiger partial charge is 0.497 e. The van der Waals surface area contributed by atoms with Crippen molar-refractivity contribution < 1.29 is 4.74 Å². The van der Waals surface area contributed by atoms with Crippen molar-refractivity contribution in [3.8, 4) is 17.0 Å². The monoisotopic (exact) mass is 326 g/mol. The number of nitrogens with one attached hydrogen (secondary N) is 2. The van der Waals surface area contributed by atoms with E-state index in [1.807, 2.05) is 41.8 Å². The first-order chi connectivity index (χ1) is 11.2. The normalized spacial score (nSPS) is 10.8. The molecule has 3 rings (SSSR count). The molecule has 0 saturated heterocycles. The van der Waals surface area contributed by atoms with Gasteiger partial charge in [-0.25, -0.2) is 10.4 Å². The van der Waals surface area contributed by atoms with E-state index >= 15 is 0 Å². The molecule has 0 aliphatic carbocycles. The van der Waals surface area contributed by atoms with Crippen molar-refractivity contribution >= 4 is 23.5 Å². The Morgan fingerprint density at radius 1 is 1.30 bits per heavy atom. The molecule has 0 saturated carbocycles. The lowest BCUT2D eigenvalue weighted by Crippen LogP contribution is -2.10. The van der Waals surface area contributed by atoms with Gasteiger partial charge in [0.1, 0.15) is 5.75 Å². The zero-order chi connectivity index (χ0) is 16.1. The summed E-state index contributed by atoms with van der Waals surface area (Å²) in [6.07, 6.45) is 1.67. The van der Waals surface area contributed by atoms with Crippen molar-refractivity contribution in [3.05, 3.63) is 63.1 Å². The summed E-state index contributed by atoms with van der Waals surface area (Å²) < 4.78 is 5.12. The van der Waals surface area contributed by atoms with Gasteiger partial charge in [-0.3, -0.25) is 9.78 Å². The van der Waals surface area contributed by atoms with Crippen LogP contribution in [0.1, 0.15) is 4.88 Å². The number of benzene rings is 1. The van der Waals surface area contributed by atoms with E-state index in [4.69, 9.17) is 4.74 Å². The Morgan fingerprint density at radius 2 is 2.13 bits per heavy atom. The Morgan fingerprint density at radius 3 is 2.83 bits per heavy atom. The average Bonchev–Trinajstić information content (AvgIpc) is 3.08. The Kier molecular flexibility index (Phi) is 4.49. The summed E-state index contributed by atoms with van der Waals surface area (Å²) in [7, 11) is 1.61. The van der Waals surface area contributed by atoms with Crippen molar-refractivity contribution in [2.45, 2.75) is 0 Å². The SMILES string of the molecule is COc1ccc(-c2cc(=O)[nH]c(N/N=C\c3cccs3)n2)cc1. The molecular weight excluding hydrogens is 312 g/mol. The number of aromatic amines is 1. The summed E-state index contributed by atoms with van der Waals surface area (Å²) in [5.41, 5.74) is 3.87. The van der Waals surface area contributed by atoms with Gasteiger partial charge in [0, 0.05) is 16.5 Å².